The second kappa shape index (κ2) is 9.76. The van der Waals surface area contributed by atoms with Crippen molar-refractivity contribution in [3.8, 4) is 11.8 Å². The molecule has 1 amide bonds. The fraction of sp³-hybridized carbons (Fsp3) is 0.231. The van der Waals surface area contributed by atoms with Crippen molar-refractivity contribution >= 4 is 28.4 Å². The molecule has 30 heavy (non-hydrogen) atoms. The van der Waals surface area contributed by atoms with Gasteiger partial charge in [0.15, 0.2) is 0 Å². The molecule has 4 heteroatoms. The van der Waals surface area contributed by atoms with Crippen molar-refractivity contribution in [1.29, 1.82) is 5.26 Å². The van der Waals surface area contributed by atoms with Crippen LogP contribution in [0, 0.1) is 25.2 Å². The maximum atomic E-state index is 12.9. The molecule has 0 aliphatic rings. The first-order valence-electron chi connectivity index (χ1n) is 10.2. The number of carbonyl (C=O) groups is 1. The summed E-state index contributed by atoms with van der Waals surface area (Å²) in [6, 6.07) is 19.7. The zero-order valence-electron chi connectivity index (χ0n) is 17.7. The maximum absolute atomic E-state index is 12.9. The fourth-order valence-corrected chi connectivity index (χ4v) is 3.23. The van der Waals surface area contributed by atoms with Crippen LogP contribution in [0.4, 0.5) is 5.69 Å². The number of hydrogen-bond acceptors (Lipinski definition) is 3. The number of aryl methyl sites for hydroxylation is 2. The molecule has 152 valence electrons. The zero-order valence-corrected chi connectivity index (χ0v) is 17.7. The summed E-state index contributed by atoms with van der Waals surface area (Å²) in [6.45, 7) is 6.59. The van der Waals surface area contributed by atoms with Gasteiger partial charge in [-0.15, -0.1) is 0 Å². The first-order chi connectivity index (χ1) is 14.5. The standard InChI is InChI=1S/C26H26N2O2/c1-4-5-14-30-25-13-12-20-8-6-7-9-22(20)23(25)16-21(17-27)26(29)28-24-15-18(2)10-11-19(24)3/h6-13,15-16H,4-5,14H2,1-3H3,(H,28,29)/b21-16-. The first kappa shape index (κ1) is 21.1. The van der Waals surface area contributed by atoms with Gasteiger partial charge >= 0.3 is 0 Å². The summed E-state index contributed by atoms with van der Waals surface area (Å²) < 4.78 is 5.98. The van der Waals surface area contributed by atoms with E-state index in [4.69, 9.17) is 4.74 Å². The van der Waals surface area contributed by atoms with Crippen molar-refractivity contribution in [3.63, 3.8) is 0 Å². The van der Waals surface area contributed by atoms with Crippen molar-refractivity contribution in [3.05, 3.63) is 76.9 Å². The molecule has 0 spiro atoms. The molecule has 0 radical (unpaired) electrons. The molecule has 0 aliphatic carbocycles. The number of anilines is 1. The molecule has 4 nitrogen and oxygen atoms in total. The highest BCUT2D eigenvalue weighted by Crippen LogP contribution is 2.31. The Morgan fingerprint density at radius 2 is 1.93 bits per heavy atom. The molecular formula is C26H26N2O2. The summed E-state index contributed by atoms with van der Waals surface area (Å²) in [7, 11) is 0. The average molecular weight is 399 g/mol. The van der Waals surface area contributed by atoms with Crippen LogP contribution in [0.3, 0.4) is 0 Å². The van der Waals surface area contributed by atoms with E-state index in [1.165, 1.54) is 0 Å². The van der Waals surface area contributed by atoms with Crippen molar-refractivity contribution in [1.82, 2.24) is 0 Å². The molecular weight excluding hydrogens is 372 g/mol. The summed E-state index contributed by atoms with van der Waals surface area (Å²) >= 11 is 0. The van der Waals surface area contributed by atoms with E-state index >= 15 is 0 Å². The summed E-state index contributed by atoms with van der Waals surface area (Å²) in [5, 5.41) is 14.6. The maximum Gasteiger partial charge on any atom is 0.266 e. The lowest BCUT2D eigenvalue weighted by atomic mass is 10.0. The van der Waals surface area contributed by atoms with Crippen LogP contribution >= 0.6 is 0 Å². The van der Waals surface area contributed by atoms with Crippen molar-refractivity contribution < 1.29 is 9.53 Å². The van der Waals surface area contributed by atoms with Gasteiger partial charge in [-0.3, -0.25) is 4.79 Å². The number of nitrogens with zero attached hydrogens (tertiary/aromatic N) is 1. The highest BCUT2D eigenvalue weighted by Gasteiger charge is 2.14. The van der Waals surface area contributed by atoms with E-state index in [0.29, 0.717) is 18.0 Å². The van der Waals surface area contributed by atoms with E-state index < -0.39 is 5.91 Å². The van der Waals surface area contributed by atoms with Gasteiger partial charge in [0.25, 0.3) is 5.91 Å². The highest BCUT2D eigenvalue weighted by atomic mass is 16.5. The minimum atomic E-state index is -0.432. The van der Waals surface area contributed by atoms with Crippen LogP contribution in [0.2, 0.25) is 0 Å². The second-order valence-electron chi connectivity index (χ2n) is 7.34. The Bertz CT molecular complexity index is 1140. The van der Waals surface area contributed by atoms with E-state index in [0.717, 1.165) is 40.3 Å². The number of unbranched alkanes of at least 4 members (excludes halogenated alkanes) is 1. The second-order valence-corrected chi connectivity index (χ2v) is 7.34. The van der Waals surface area contributed by atoms with Crippen LogP contribution in [0.25, 0.3) is 16.8 Å². The Labute approximate surface area is 177 Å². The monoisotopic (exact) mass is 398 g/mol. The van der Waals surface area contributed by atoms with Crippen molar-refractivity contribution in [2.75, 3.05) is 11.9 Å². The summed E-state index contributed by atoms with van der Waals surface area (Å²) in [4.78, 5) is 12.9. The van der Waals surface area contributed by atoms with Gasteiger partial charge < -0.3 is 10.1 Å². The minimum Gasteiger partial charge on any atom is -0.493 e. The van der Waals surface area contributed by atoms with Gasteiger partial charge in [0.2, 0.25) is 0 Å². The summed E-state index contributed by atoms with van der Waals surface area (Å²) in [5.74, 6) is 0.244. The van der Waals surface area contributed by atoms with Crippen LogP contribution in [0.1, 0.15) is 36.5 Å². The smallest absolute Gasteiger partial charge is 0.266 e. The summed E-state index contributed by atoms with van der Waals surface area (Å²) in [6.07, 6.45) is 3.60. The van der Waals surface area contributed by atoms with Gasteiger partial charge in [-0.05, 0) is 60.4 Å². The predicted molar refractivity (Wildman–Crippen MR) is 122 cm³/mol. The molecule has 0 aromatic heterocycles. The van der Waals surface area contributed by atoms with Crippen LogP contribution in [-0.2, 0) is 4.79 Å². The number of amides is 1. The van der Waals surface area contributed by atoms with E-state index in [-0.39, 0.29) is 5.57 Å². The normalized spacial score (nSPS) is 11.2. The van der Waals surface area contributed by atoms with Crippen LogP contribution < -0.4 is 10.1 Å². The van der Waals surface area contributed by atoms with Gasteiger partial charge in [-0.25, -0.2) is 0 Å². The Morgan fingerprint density at radius 1 is 1.13 bits per heavy atom. The molecule has 0 heterocycles. The Morgan fingerprint density at radius 3 is 2.70 bits per heavy atom. The lowest BCUT2D eigenvalue weighted by Gasteiger charge is -2.13. The molecule has 0 atom stereocenters. The minimum absolute atomic E-state index is 0.0348. The molecule has 0 bridgehead atoms. The van der Waals surface area contributed by atoms with Gasteiger partial charge in [0, 0.05) is 11.3 Å². The molecule has 1 N–H and O–H groups in total. The molecule has 0 saturated carbocycles. The molecule has 3 aromatic carbocycles. The van der Waals surface area contributed by atoms with Gasteiger partial charge in [0.05, 0.1) is 6.61 Å². The largest absolute Gasteiger partial charge is 0.493 e. The SMILES string of the molecule is CCCCOc1ccc2ccccc2c1/C=C(/C#N)C(=O)Nc1cc(C)ccc1C. The van der Waals surface area contributed by atoms with Gasteiger partial charge in [-0.2, -0.15) is 5.26 Å². The Kier molecular flexibility index (Phi) is 6.87. The Hall–Kier alpha value is -3.58. The third-order valence-electron chi connectivity index (χ3n) is 4.98. The molecule has 0 saturated heterocycles. The lowest BCUT2D eigenvalue weighted by molar-refractivity contribution is -0.112. The van der Waals surface area contributed by atoms with Crippen LogP contribution in [0.5, 0.6) is 5.75 Å². The number of nitrogens with one attached hydrogen (secondary N) is 1. The highest BCUT2D eigenvalue weighted by molar-refractivity contribution is 6.11. The fourth-order valence-electron chi connectivity index (χ4n) is 3.23. The number of ether oxygens (including phenoxy) is 1. The number of hydrogen-bond donors (Lipinski definition) is 1. The zero-order chi connectivity index (χ0) is 21.5. The first-order valence-corrected chi connectivity index (χ1v) is 10.2. The number of nitriles is 1. The van der Waals surface area contributed by atoms with Gasteiger partial charge in [-0.1, -0.05) is 55.8 Å². The number of benzene rings is 3. The molecule has 3 rings (SSSR count). The third-order valence-corrected chi connectivity index (χ3v) is 4.98. The lowest BCUT2D eigenvalue weighted by Crippen LogP contribution is -2.14. The third kappa shape index (κ3) is 4.87. The van der Waals surface area contributed by atoms with E-state index in [1.807, 2.05) is 68.4 Å². The van der Waals surface area contributed by atoms with Crippen molar-refractivity contribution in [2.24, 2.45) is 0 Å². The molecule has 0 fully saturated rings. The van der Waals surface area contributed by atoms with Crippen molar-refractivity contribution in [2.45, 2.75) is 33.6 Å². The Balaban J connectivity index is 2.01. The average Bonchev–Trinajstić information content (AvgIpc) is 2.75. The molecule has 0 unspecified atom stereocenters. The number of rotatable bonds is 7. The number of carbonyl (C=O) groups excluding carboxylic acids is 1. The van der Waals surface area contributed by atoms with E-state index in [9.17, 15) is 10.1 Å². The predicted octanol–water partition coefficient (Wildman–Crippen LogP) is 6.18. The van der Waals surface area contributed by atoms with E-state index in [1.54, 1.807) is 6.08 Å². The van der Waals surface area contributed by atoms with E-state index in [2.05, 4.69) is 18.3 Å². The van der Waals surface area contributed by atoms with Crippen LogP contribution in [-0.4, -0.2) is 12.5 Å². The van der Waals surface area contributed by atoms with Crippen LogP contribution in [0.15, 0.2) is 60.2 Å². The quantitative estimate of drug-likeness (QED) is 0.294. The van der Waals surface area contributed by atoms with Gasteiger partial charge in [0.1, 0.15) is 17.4 Å². The topological polar surface area (TPSA) is 62.1 Å². The number of fused-ring (bicyclic) bond motifs is 1. The molecule has 3 aromatic rings. The molecule has 0 aliphatic heterocycles. The summed E-state index contributed by atoms with van der Waals surface area (Å²) in [5.41, 5.74) is 3.47.